The number of amides is 5. The molecule has 5 rings (SSSR count). The van der Waals surface area contributed by atoms with E-state index in [-0.39, 0.29) is 37.0 Å². The lowest BCUT2D eigenvalue weighted by atomic mass is 10.0. The van der Waals surface area contributed by atoms with Crippen molar-refractivity contribution in [2.24, 2.45) is 5.92 Å². The molecule has 49 heavy (non-hydrogen) atoms. The Labute approximate surface area is 282 Å². The fourth-order valence-electron chi connectivity index (χ4n) is 5.44. The van der Waals surface area contributed by atoms with Crippen LogP contribution in [0.2, 0.25) is 0 Å². The molecule has 0 aliphatic carbocycles. The third-order valence-corrected chi connectivity index (χ3v) is 8.17. The molecule has 5 amide bonds. The molecule has 0 saturated heterocycles. The van der Waals surface area contributed by atoms with Gasteiger partial charge in [0, 0.05) is 30.1 Å². The third-order valence-electron chi connectivity index (χ3n) is 8.17. The van der Waals surface area contributed by atoms with Gasteiger partial charge in [-0.15, -0.1) is 0 Å². The van der Waals surface area contributed by atoms with Gasteiger partial charge in [-0.1, -0.05) is 67.5 Å². The van der Waals surface area contributed by atoms with Crippen molar-refractivity contribution in [3.8, 4) is 11.3 Å². The molecule has 14 heteroatoms. The van der Waals surface area contributed by atoms with E-state index in [0.717, 1.165) is 5.56 Å². The van der Waals surface area contributed by atoms with Gasteiger partial charge in [-0.25, -0.2) is 4.98 Å². The van der Waals surface area contributed by atoms with Gasteiger partial charge < -0.3 is 35.8 Å². The Kier molecular flexibility index (Phi) is 10.7. The van der Waals surface area contributed by atoms with E-state index in [9.17, 15) is 29.1 Å². The summed E-state index contributed by atoms with van der Waals surface area (Å²) in [6.45, 7) is 6.16. The van der Waals surface area contributed by atoms with Crippen LogP contribution in [0.3, 0.4) is 0 Å². The Bertz CT molecular complexity index is 1860. The minimum atomic E-state index is -1.44. The standard InChI is InChI=1S/C35H39N7O7/c1-19(2)29-33(46)36-14-15-42(35(48)25-17-27(22-10-6-5-7-11-22)38-26-13-9-8-12-24(25)26)18-23-16-28(41-49-23)32(45)40-30(21(4)43)34(47)37-20(3)31(44)39-29/h5-13,16-17,19-21,29-30,43H,14-15,18H2,1-4H3,(H,36,46)(H,37,47)(H,39,44)(H,40,45)/t20-,21+,29-,30-/m0/s1. The SMILES string of the molecule is CC(C)[C@@H]1NC(=O)[C@H](C)NC(=O)[C@H]([C@@H](C)O)NC(=O)c2cc(on2)CN(C(=O)c2cc(-c3ccccc3)nc3ccccc23)CCNC1=O. The number of benzene rings is 2. The highest BCUT2D eigenvalue weighted by Crippen LogP contribution is 2.26. The highest BCUT2D eigenvalue weighted by Gasteiger charge is 2.32. The summed E-state index contributed by atoms with van der Waals surface area (Å²) in [7, 11) is 0. The van der Waals surface area contributed by atoms with Crippen LogP contribution in [0.5, 0.6) is 0 Å². The van der Waals surface area contributed by atoms with Crippen LogP contribution in [-0.2, 0) is 20.9 Å². The van der Waals surface area contributed by atoms with E-state index in [0.29, 0.717) is 22.2 Å². The van der Waals surface area contributed by atoms with E-state index >= 15 is 0 Å². The number of aliphatic hydroxyl groups excluding tert-OH is 1. The molecule has 2 bridgehead atoms. The first-order valence-corrected chi connectivity index (χ1v) is 16.0. The van der Waals surface area contributed by atoms with Gasteiger partial charge in [0.15, 0.2) is 11.5 Å². The number of carbonyl (C=O) groups is 5. The number of carbonyl (C=O) groups excluding carboxylic acids is 5. The first kappa shape index (κ1) is 34.7. The van der Waals surface area contributed by atoms with Crippen molar-refractivity contribution in [3.05, 3.63) is 83.7 Å². The topological polar surface area (TPSA) is 196 Å². The summed E-state index contributed by atoms with van der Waals surface area (Å²) in [5.74, 6) is -3.32. The lowest BCUT2D eigenvalue weighted by molar-refractivity contribution is -0.133. The molecule has 0 unspecified atom stereocenters. The largest absolute Gasteiger partial charge is 0.391 e. The van der Waals surface area contributed by atoms with Gasteiger partial charge in [0.1, 0.15) is 18.1 Å². The first-order valence-electron chi connectivity index (χ1n) is 16.0. The van der Waals surface area contributed by atoms with Crippen molar-refractivity contribution in [1.29, 1.82) is 0 Å². The molecule has 2 aromatic heterocycles. The fraction of sp³-hybridized carbons (Fsp3) is 0.343. The summed E-state index contributed by atoms with van der Waals surface area (Å²) < 4.78 is 5.45. The van der Waals surface area contributed by atoms with Crippen LogP contribution in [0.1, 0.15) is 54.3 Å². The predicted octanol–water partition coefficient (Wildman–Crippen LogP) is 1.79. The zero-order chi connectivity index (χ0) is 35.2. The van der Waals surface area contributed by atoms with Gasteiger partial charge >= 0.3 is 0 Å². The van der Waals surface area contributed by atoms with Gasteiger partial charge in [-0.2, -0.15) is 0 Å². The number of hydrogen-bond donors (Lipinski definition) is 5. The molecule has 256 valence electrons. The smallest absolute Gasteiger partial charge is 0.274 e. The summed E-state index contributed by atoms with van der Waals surface area (Å²) in [5.41, 5.74) is 2.20. The monoisotopic (exact) mass is 669 g/mol. The summed E-state index contributed by atoms with van der Waals surface area (Å²) in [5, 5.41) is 25.1. The molecule has 1 aliphatic rings. The maximum Gasteiger partial charge on any atom is 0.274 e. The predicted molar refractivity (Wildman–Crippen MR) is 179 cm³/mol. The van der Waals surface area contributed by atoms with Gasteiger partial charge in [0.2, 0.25) is 17.7 Å². The van der Waals surface area contributed by atoms with Crippen LogP contribution in [0.15, 0.2) is 71.3 Å². The van der Waals surface area contributed by atoms with Gasteiger partial charge in [0.05, 0.1) is 29.4 Å². The van der Waals surface area contributed by atoms with Crippen LogP contribution in [0, 0.1) is 5.92 Å². The Hall–Kier alpha value is -5.63. The molecule has 2 aromatic carbocycles. The van der Waals surface area contributed by atoms with Crippen molar-refractivity contribution in [2.75, 3.05) is 13.1 Å². The molecule has 0 radical (unpaired) electrons. The van der Waals surface area contributed by atoms with Gasteiger partial charge in [0.25, 0.3) is 11.8 Å². The molecule has 4 atom stereocenters. The lowest BCUT2D eigenvalue weighted by Crippen LogP contribution is -2.58. The van der Waals surface area contributed by atoms with E-state index in [1.54, 1.807) is 26.0 Å². The molecular weight excluding hydrogens is 630 g/mol. The van der Waals surface area contributed by atoms with Crippen molar-refractivity contribution in [3.63, 3.8) is 0 Å². The van der Waals surface area contributed by atoms with Crippen molar-refractivity contribution < 1.29 is 33.6 Å². The van der Waals surface area contributed by atoms with Crippen LogP contribution in [-0.4, -0.2) is 87.0 Å². The minimum absolute atomic E-state index is 0.0159. The number of aromatic nitrogens is 2. The number of pyridine rings is 1. The van der Waals surface area contributed by atoms with Gasteiger partial charge in [-0.3, -0.25) is 24.0 Å². The van der Waals surface area contributed by atoms with E-state index < -0.39 is 53.8 Å². The van der Waals surface area contributed by atoms with Crippen LogP contribution < -0.4 is 21.3 Å². The van der Waals surface area contributed by atoms with Gasteiger partial charge in [-0.05, 0) is 31.9 Å². The number of para-hydroxylation sites is 1. The zero-order valence-corrected chi connectivity index (χ0v) is 27.6. The summed E-state index contributed by atoms with van der Waals surface area (Å²) >= 11 is 0. The van der Waals surface area contributed by atoms with E-state index in [1.165, 1.54) is 24.8 Å². The Morgan fingerprint density at radius 1 is 0.878 bits per heavy atom. The Morgan fingerprint density at radius 3 is 2.31 bits per heavy atom. The average Bonchev–Trinajstić information content (AvgIpc) is 3.56. The number of nitrogens with zero attached hydrogens (tertiary/aromatic N) is 3. The van der Waals surface area contributed by atoms with E-state index in [4.69, 9.17) is 9.51 Å². The van der Waals surface area contributed by atoms with Crippen LogP contribution >= 0.6 is 0 Å². The number of nitrogens with one attached hydrogen (secondary N) is 4. The number of aliphatic hydroxyl groups is 1. The minimum Gasteiger partial charge on any atom is -0.391 e. The van der Waals surface area contributed by atoms with Crippen molar-refractivity contribution >= 4 is 40.4 Å². The van der Waals surface area contributed by atoms with Crippen molar-refractivity contribution in [1.82, 2.24) is 36.3 Å². The molecule has 1 aliphatic heterocycles. The second-order valence-corrected chi connectivity index (χ2v) is 12.3. The number of hydrogen-bond acceptors (Lipinski definition) is 9. The van der Waals surface area contributed by atoms with Crippen LogP contribution in [0.4, 0.5) is 0 Å². The lowest BCUT2D eigenvalue weighted by Gasteiger charge is -2.27. The normalized spacial score (nSPS) is 20.4. The molecular formula is C35H39N7O7. The number of fused-ring (bicyclic) bond motifs is 3. The highest BCUT2D eigenvalue weighted by atomic mass is 16.5. The molecule has 0 saturated carbocycles. The van der Waals surface area contributed by atoms with Crippen molar-refractivity contribution in [2.45, 2.75) is 58.5 Å². The Balaban J connectivity index is 1.52. The molecule has 5 N–H and O–H groups in total. The maximum atomic E-state index is 14.4. The maximum absolute atomic E-state index is 14.4. The third kappa shape index (κ3) is 8.09. The van der Waals surface area contributed by atoms with E-state index in [2.05, 4.69) is 26.4 Å². The zero-order valence-electron chi connectivity index (χ0n) is 27.6. The second kappa shape index (κ2) is 15.1. The summed E-state index contributed by atoms with van der Waals surface area (Å²) in [6.07, 6.45) is -1.34. The summed E-state index contributed by atoms with van der Waals surface area (Å²) in [6, 6.07) is 16.3. The fourth-order valence-corrected chi connectivity index (χ4v) is 5.44. The quantitative estimate of drug-likeness (QED) is 0.215. The average molecular weight is 670 g/mol. The molecule has 0 fully saturated rings. The molecule has 14 nitrogen and oxygen atoms in total. The molecule has 0 spiro atoms. The highest BCUT2D eigenvalue weighted by molar-refractivity contribution is 6.07. The van der Waals surface area contributed by atoms with Crippen LogP contribution in [0.25, 0.3) is 22.2 Å². The second-order valence-electron chi connectivity index (χ2n) is 12.3. The first-order chi connectivity index (χ1) is 23.4. The molecule has 3 heterocycles. The number of rotatable bonds is 4. The Morgan fingerprint density at radius 2 is 1.59 bits per heavy atom. The van der Waals surface area contributed by atoms with E-state index in [1.807, 2.05) is 48.5 Å². The summed E-state index contributed by atoms with van der Waals surface area (Å²) in [4.78, 5) is 73.1. The molecule has 4 aromatic rings.